The van der Waals surface area contributed by atoms with E-state index in [0.29, 0.717) is 0 Å². The van der Waals surface area contributed by atoms with Crippen LogP contribution in [0.25, 0.3) is 0 Å². The minimum absolute atomic E-state index is 0.0516. The van der Waals surface area contributed by atoms with Crippen molar-refractivity contribution in [1.29, 1.82) is 0 Å². The number of aliphatic hydroxyl groups is 1. The summed E-state index contributed by atoms with van der Waals surface area (Å²) in [6.45, 7) is 0. The molecule has 2 N–H and O–H groups in total. The number of methoxy groups -OCH3 is 1. The number of carboxylic acid groups (broad SMARTS) is 1. The molecule has 0 unspecified atom stereocenters. The van der Waals surface area contributed by atoms with Crippen molar-refractivity contribution in [2.75, 3.05) is 7.11 Å². The zero-order chi connectivity index (χ0) is 20.0. The van der Waals surface area contributed by atoms with Crippen molar-refractivity contribution in [3.8, 4) is 0 Å². The summed E-state index contributed by atoms with van der Waals surface area (Å²) in [5, 5.41) is 19.4. The first-order valence-corrected chi connectivity index (χ1v) is 7.72. The van der Waals surface area contributed by atoms with Crippen molar-refractivity contribution in [2.45, 2.75) is 11.7 Å². The van der Waals surface area contributed by atoms with E-state index in [1.54, 1.807) is 12.1 Å². The van der Waals surface area contributed by atoms with Gasteiger partial charge in [0.25, 0.3) is 0 Å². The van der Waals surface area contributed by atoms with E-state index in [4.69, 9.17) is 4.74 Å². The third-order valence-corrected chi connectivity index (χ3v) is 3.74. The molecule has 0 aromatic heterocycles. The number of hydrogen-bond donors (Lipinski definition) is 2. The summed E-state index contributed by atoms with van der Waals surface area (Å²) in [7, 11) is 0.875. The van der Waals surface area contributed by atoms with Gasteiger partial charge in [0, 0.05) is 5.56 Å². The number of rotatable bonds is 7. The fourth-order valence-corrected chi connectivity index (χ4v) is 2.38. The second-order valence-corrected chi connectivity index (χ2v) is 5.42. The fraction of sp³-hybridized carbons (Fsp3) is 0.158. The Morgan fingerprint density at radius 1 is 0.889 bits per heavy atom. The van der Waals surface area contributed by atoms with E-state index in [1.807, 2.05) is 0 Å². The van der Waals surface area contributed by atoms with Crippen molar-refractivity contribution in [3.63, 3.8) is 0 Å². The highest BCUT2D eigenvalue weighted by atomic mass is 16.6. The van der Waals surface area contributed by atoms with Gasteiger partial charge >= 0.3 is 23.5 Å². The number of carbonyl (C=O) groups is 4. The van der Waals surface area contributed by atoms with E-state index in [0.717, 1.165) is 7.11 Å². The van der Waals surface area contributed by atoms with Crippen molar-refractivity contribution >= 4 is 23.7 Å². The summed E-state index contributed by atoms with van der Waals surface area (Å²) < 4.78 is 9.53. The lowest BCUT2D eigenvalue weighted by Gasteiger charge is -2.31. The van der Waals surface area contributed by atoms with Crippen LogP contribution in [0.5, 0.6) is 0 Å². The second-order valence-electron chi connectivity index (χ2n) is 5.42. The van der Waals surface area contributed by atoms with E-state index in [-0.39, 0.29) is 11.1 Å². The first-order valence-electron chi connectivity index (χ1n) is 7.72. The van der Waals surface area contributed by atoms with Crippen LogP contribution < -0.4 is 0 Å². The van der Waals surface area contributed by atoms with Crippen molar-refractivity contribution < 1.29 is 38.9 Å². The summed E-state index contributed by atoms with van der Waals surface area (Å²) in [5.41, 5.74) is -3.32. The summed E-state index contributed by atoms with van der Waals surface area (Å²) in [6.07, 6.45) is -2.69. The maximum atomic E-state index is 13.0. The Bertz CT molecular complexity index is 847. The van der Waals surface area contributed by atoms with Gasteiger partial charge in [-0.3, -0.25) is 4.79 Å². The number of ether oxygens (including phenoxy) is 2. The Hall–Kier alpha value is -3.52. The SMILES string of the molecule is COC(=O)[C@@](OC(=O)c1ccccc1)(C(=O)c1ccccc1)[C@@H](O)C(=O)O. The molecule has 0 saturated heterocycles. The van der Waals surface area contributed by atoms with E-state index in [1.165, 1.54) is 48.5 Å². The highest BCUT2D eigenvalue weighted by Gasteiger charge is 2.60. The summed E-state index contributed by atoms with van der Waals surface area (Å²) >= 11 is 0. The predicted octanol–water partition coefficient (Wildman–Crippen LogP) is 1.08. The van der Waals surface area contributed by atoms with Gasteiger partial charge in [-0.1, -0.05) is 48.5 Å². The van der Waals surface area contributed by atoms with Gasteiger partial charge in [-0.05, 0) is 12.1 Å². The Morgan fingerprint density at radius 3 is 1.81 bits per heavy atom. The number of esters is 2. The molecule has 140 valence electrons. The molecule has 8 heteroatoms. The van der Waals surface area contributed by atoms with Crippen LogP contribution in [0.2, 0.25) is 0 Å². The number of benzene rings is 2. The van der Waals surface area contributed by atoms with Crippen molar-refractivity contribution in [1.82, 2.24) is 0 Å². The van der Waals surface area contributed by atoms with Crippen LogP contribution in [-0.4, -0.2) is 52.7 Å². The monoisotopic (exact) mass is 372 g/mol. The van der Waals surface area contributed by atoms with Gasteiger partial charge in [0.15, 0.2) is 0 Å². The standard InChI is InChI=1S/C19H16O8/c1-26-18(25)19(15(21)16(22)23,14(20)12-8-4-2-5-9-12)27-17(24)13-10-6-3-7-11-13/h2-11,15,21H,1H3,(H,22,23)/t15-,19+/m0/s1. The topological polar surface area (TPSA) is 127 Å². The van der Waals surface area contributed by atoms with E-state index in [9.17, 15) is 29.4 Å². The molecule has 2 atom stereocenters. The minimum atomic E-state index is -3.12. The molecule has 0 heterocycles. The molecule has 0 fully saturated rings. The Kier molecular flexibility index (Phi) is 6.04. The third-order valence-electron chi connectivity index (χ3n) is 3.74. The van der Waals surface area contributed by atoms with Crippen LogP contribution in [0.3, 0.4) is 0 Å². The van der Waals surface area contributed by atoms with E-state index in [2.05, 4.69) is 4.74 Å². The average molecular weight is 372 g/mol. The van der Waals surface area contributed by atoms with Crippen LogP contribution in [0.4, 0.5) is 0 Å². The maximum absolute atomic E-state index is 13.0. The molecule has 2 aromatic rings. The lowest BCUT2D eigenvalue weighted by molar-refractivity contribution is -0.178. The zero-order valence-corrected chi connectivity index (χ0v) is 14.2. The quantitative estimate of drug-likeness (QED) is 0.420. The van der Waals surface area contributed by atoms with Gasteiger partial charge < -0.3 is 19.7 Å². The third kappa shape index (κ3) is 3.85. The first-order chi connectivity index (χ1) is 12.8. The van der Waals surface area contributed by atoms with Gasteiger partial charge in [0.1, 0.15) is 0 Å². The van der Waals surface area contributed by atoms with Gasteiger partial charge in [-0.15, -0.1) is 0 Å². The molecule has 27 heavy (non-hydrogen) atoms. The number of hydrogen-bond acceptors (Lipinski definition) is 7. The normalized spacial score (nSPS) is 13.7. The number of aliphatic hydroxyl groups excluding tert-OH is 1. The van der Waals surface area contributed by atoms with Gasteiger partial charge in [0.05, 0.1) is 12.7 Å². The number of carbonyl (C=O) groups excluding carboxylic acids is 3. The molecule has 0 saturated carbocycles. The number of ketones is 1. The molecule has 0 bridgehead atoms. The summed E-state index contributed by atoms with van der Waals surface area (Å²) in [6, 6.07) is 14.4. The molecule has 8 nitrogen and oxygen atoms in total. The van der Waals surface area contributed by atoms with Crippen LogP contribution in [0.1, 0.15) is 20.7 Å². The van der Waals surface area contributed by atoms with Crippen molar-refractivity contribution in [3.05, 3.63) is 71.8 Å². The molecule has 0 aliphatic carbocycles. The fourth-order valence-electron chi connectivity index (χ4n) is 2.38. The molecule has 0 aliphatic heterocycles. The Balaban J connectivity index is 2.61. The molecule has 0 spiro atoms. The molecule has 0 amide bonds. The highest BCUT2D eigenvalue weighted by Crippen LogP contribution is 2.27. The Labute approximate surface area is 154 Å². The second kappa shape index (κ2) is 8.24. The predicted molar refractivity (Wildman–Crippen MR) is 91.0 cm³/mol. The number of carboxylic acids is 1. The molecule has 0 radical (unpaired) electrons. The van der Waals surface area contributed by atoms with Crippen LogP contribution in [0.15, 0.2) is 60.7 Å². The zero-order valence-electron chi connectivity index (χ0n) is 14.2. The molecule has 2 aromatic carbocycles. The Morgan fingerprint density at radius 2 is 1.37 bits per heavy atom. The molecule has 2 rings (SSSR count). The highest BCUT2D eigenvalue weighted by molar-refractivity contribution is 6.19. The van der Waals surface area contributed by atoms with Crippen LogP contribution >= 0.6 is 0 Å². The summed E-state index contributed by atoms with van der Waals surface area (Å²) in [4.78, 5) is 49.3. The first kappa shape index (κ1) is 19.8. The van der Waals surface area contributed by atoms with Gasteiger partial charge in [-0.25, -0.2) is 14.4 Å². The number of aliphatic carboxylic acids is 1. The van der Waals surface area contributed by atoms with E-state index >= 15 is 0 Å². The molecule has 0 aliphatic rings. The molecular weight excluding hydrogens is 356 g/mol. The van der Waals surface area contributed by atoms with E-state index < -0.39 is 35.4 Å². The summed E-state index contributed by atoms with van der Waals surface area (Å²) in [5.74, 6) is -5.86. The van der Waals surface area contributed by atoms with Gasteiger partial charge in [0.2, 0.25) is 11.9 Å². The lowest BCUT2D eigenvalue weighted by atomic mass is 9.86. The number of Topliss-reactive ketones (excluding diaryl/α,β-unsaturated/α-hetero) is 1. The lowest BCUT2D eigenvalue weighted by Crippen LogP contribution is -2.62. The van der Waals surface area contributed by atoms with Crippen LogP contribution in [-0.2, 0) is 19.1 Å². The smallest absolute Gasteiger partial charge is 0.362 e. The minimum Gasteiger partial charge on any atom is -0.479 e. The molecular formula is C19H16O8. The largest absolute Gasteiger partial charge is 0.479 e. The average Bonchev–Trinajstić information content (AvgIpc) is 2.71. The van der Waals surface area contributed by atoms with Gasteiger partial charge in [-0.2, -0.15) is 0 Å². The van der Waals surface area contributed by atoms with Crippen LogP contribution in [0, 0.1) is 0 Å². The van der Waals surface area contributed by atoms with Crippen molar-refractivity contribution in [2.24, 2.45) is 0 Å². The maximum Gasteiger partial charge on any atom is 0.362 e.